The van der Waals surface area contributed by atoms with Crippen molar-refractivity contribution in [3.05, 3.63) is 35.9 Å². The summed E-state index contributed by atoms with van der Waals surface area (Å²) in [5, 5.41) is 3.27. The van der Waals surface area contributed by atoms with Gasteiger partial charge in [-0.3, -0.25) is 0 Å². The Kier molecular flexibility index (Phi) is 3.12. The molecule has 0 radical (unpaired) electrons. The van der Waals surface area contributed by atoms with Crippen molar-refractivity contribution < 1.29 is 0 Å². The summed E-state index contributed by atoms with van der Waals surface area (Å²) in [6, 6.07) is 11.0. The van der Waals surface area contributed by atoms with Gasteiger partial charge in [-0.2, -0.15) is 0 Å². The van der Waals surface area contributed by atoms with Crippen LogP contribution in [0.2, 0.25) is 0 Å². The first-order valence-corrected chi connectivity index (χ1v) is 4.10. The van der Waals surface area contributed by atoms with Crippen molar-refractivity contribution in [2.75, 3.05) is 7.05 Å². The molecule has 0 aliphatic carbocycles. The first kappa shape index (κ1) is 8.28. The molecule has 1 aromatic rings. The summed E-state index contributed by atoms with van der Waals surface area (Å²) < 4.78 is 0. The van der Waals surface area contributed by atoms with E-state index in [0.717, 1.165) is 6.42 Å². The molecule has 0 heterocycles. The zero-order chi connectivity index (χ0) is 8.10. The van der Waals surface area contributed by atoms with Crippen molar-refractivity contribution in [3.8, 4) is 0 Å². The molecular weight excluding hydrogens is 134 g/mol. The van der Waals surface area contributed by atoms with Gasteiger partial charge in [-0.15, -0.1) is 0 Å². The summed E-state index contributed by atoms with van der Waals surface area (Å²) >= 11 is 0. The molecule has 0 bridgehead atoms. The van der Waals surface area contributed by atoms with Crippen molar-refractivity contribution >= 4 is 0 Å². The van der Waals surface area contributed by atoms with Crippen LogP contribution in [0, 0.1) is 0 Å². The Morgan fingerprint density at radius 2 is 1.91 bits per heavy atom. The minimum absolute atomic E-state index is 0.510. The molecule has 0 saturated carbocycles. The highest BCUT2D eigenvalue weighted by atomic mass is 14.9. The average Bonchev–Trinajstić information content (AvgIpc) is 2.09. The van der Waals surface area contributed by atoms with Gasteiger partial charge in [0.2, 0.25) is 0 Å². The second-order valence-corrected chi connectivity index (χ2v) is 2.66. The zero-order valence-corrected chi connectivity index (χ0v) is 7.17. The number of hydrogen-bond acceptors (Lipinski definition) is 1. The molecular formula is C10H15N. The van der Waals surface area contributed by atoms with Gasteiger partial charge in [0.15, 0.2) is 0 Å². The lowest BCUT2D eigenvalue weighted by atomic mass is 10.1. The molecule has 0 unspecified atom stereocenters. The molecule has 1 N–H and O–H groups in total. The van der Waals surface area contributed by atoms with Crippen LogP contribution in [-0.4, -0.2) is 7.05 Å². The van der Waals surface area contributed by atoms with Crippen LogP contribution in [0.4, 0.5) is 0 Å². The third kappa shape index (κ3) is 2.05. The quantitative estimate of drug-likeness (QED) is 0.695. The maximum atomic E-state index is 3.27. The molecule has 0 aliphatic heterocycles. The molecule has 0 aliphatic rings. The predicted molar refractivity (Wildman–Crippen MR) is 48.5 cm³/mol. The Labute approximate surface area is 68.4 Å². The van der Waals surface area contributed by atoms with Gasteiger partial charge in [0.05, 0.1) is 0 Å². The minimum atomic E-state index is 0.510. The first-order chi connectivity index (χ1) is 5.38. The molecule has 1 aromatic carbocycles. The van der Waals surface area contributed by atoms with E-state index in [0.29, 0.717) is 6.04 Å². The fraction of sp³-hybridized carbons (Fsp3) is 0.400. The molecule has 0 saturated heterocycles. The summed E-state index contributed by atoms with van der Waals surface area (Å²) in [6.07, 6.45) is 1.14. The SMILES string of the molecule is CC[C@@H](NC)c1ccccc1. The summed E-state index contributed by atoms with van der Waals surface area (Å²) in [5.41, 5.74) is 1.37. The van der Waals surface area contributed by atoms with Gasteiger partial charge < -0.3 is 5.32 Å². The van der Waals surface area contributed by atoms with E-state index < -0.39 is 0 Å². The molecule has 0 spiro atoms. The third-order valence-electron chi connectivity index (χ3n) is 1.96. The largest absolute Gasteiger partial charge is 0.313 e. The Hall–Kier alpha value is -0.820. The standard InChI is InChI=1S/C10H15N/c1-3-10(11-2)9-7-5-4-6-8-9/h4-8,10-11H,3H2,1-2H3/t10-/m1/s1. The predicted octanol–water partition coefficient (Wildman–Crippen LogP) is 2.36. The highest BCUT2D eigenvalue weighted by Crippen LogP contribution is 2.14. The van der Waals surface area contributed by atoms with E-state index in [1.165, 1.54) is 5.56 Å². The molecule has 60 valence electrons. The molecule has 1 nitrogen and oxygen atoms in total. The normalized spacial score (nSPS) is 12.9. The summed E-state index contributed by atoms with van der Waals surface area (Å²) in [5.74, 6) is 0. The van der Waals surface area contributed by atoms with Crippen molar-refractivity contribution in [2.24, 2.45) is 0 Å². The van der Waals surface area contributed by atoms with E-state index >= 15 is 0 Å². The van der Waals surface area contributed by atoms with Crippen LogP contribution < -0.4 is 5.32 Å². The molecule has 0 fully saturated rings. The van der Waals surface area contributed by atoms with Crippen molar-refractivity contribution in [1.29, 1.82) is 0 Å². The van der Waals surface area contributed by atoms with Crippen LogP contribution in [0.1, 0.15) is 24.9 Å². The Balaban J connectivity index is 2.74. The van der Waals surface area contributed by atoms with Crippen LogP contribution in [0.15, 0.2) is 30.3 Å². The Morgan fingerprint density at radius 1 is 1.27 bits per heavy atom. The van der Waals surface area contributed by atoms with Crippen molar-refractivity contribution in [2.45, 2.75) is 19.4 Å². The fourth-order valence-corrected chi connectivity index (χ4v) is 1.29. The van der Waals surface area contributed by atoms with Crippen molar-refractivity contribution in [3.63, 3.8) is 0 Å². The van der Waals surface area contributed by atoms with Crippen LogP contribution >= 0.6 is 0 Å². The van der Waals surface area contributed by atoms with Gasteiger partial charge in [0.25, 0.3) is 0 Å². The van der Waals surface area contributed by atoms with Gasteiger partial charge in [-0.1, -0.05) is 37.3 Å². The van der Waals surface area contributed by atoms with E-state index in [2.05, 4.69) is 36.5 Å². The number of rotatable bonds is 3. The molecule has 1 heteroatoms. The number of benzene rings is 1. The lowest BCUT2D eigenvalue weighted by molar-refractivity contribution is 0.577. The van der Waals surface area contributed by atoms with Crippen LogP contribution in [0.5, 0.6) is 0 Å². The smallest absolute Gasteiger partial charge is 0.0314 e. The molecule has 1 rings (SSSR count). The lowest BCUT2D eigenvalue weighted by Gasteiger charge is -2.13. The van der Waals surface area contributed by atoms with Gasteiger partial charge in [0.1, 0.15) is 0 Å². The Bertz CT molecular complexity index is 189. The zero-order valence-electron chi connectivity index (χ0n) is 7.17. The van der Waals surface area contributed by atoms with E-state index in [9.17, 15) is 0 Å². The van der Waals surface area contributed by atoms with Gasteiger partial charge in [0, 0.05) is 6.04 Å². The highest BCUT2D eigenvalue weighted by Gasteiger charge is 2.03. The minimum Gasteiger partial charge on any atom is -0.313 e. The summed E-state index contributed by atoms with van der Waals surface area (Å²) in [7, 11) is 2.00. The van der Waals surface area contributed by atoms with Gasteiger partial charge in [-0.25, -0.2) is 0 Å². The van der Waals surface area contributed by atoms with Crippen LogP contribution in [0.3, 0.4) is 0 Å². The van der Waals surface area contributed by atoms with E-state index in [1.54, 1.807) is 0 Å². The Morgan fingerprint density at radius 3 is 2.36 bits per heavy atom. The topological polar surface area (TPSA) is 12.0 Å². The molecule has 0 aromatic heterocycles. The van der Waals surface area contributed by atoms with Gasteiger partial charge >= 0.3 is 0 Å². The maximum Gasteiger partial charge on any atom is 0.0314 e. The second-order valence-electron chi connectivity index (χ2n) is 2.66. The average molecular weight is 149 g/mol. The number of hydrogen-bond donors (Lipinski definition) is 1. The first-order valence-electron chi connectivity index (χ1n) is 4.10. The van der Waals surface area contributed by atoms with E-state index in [-0.39, 0.29) is 0 Å². The maximum absolute atomic E-state index is 3.27. The molecule has 11 heavy (non-hydrogen) atoms. The highest BCUT2D eigenvalue weighted by molar-refractivity contribution is 5.18. The monoisotopic (exact) mass is 149 g/mol. The second kappa shape index (κ2) is 4.14. The fourth-order valence-electron chi connectivity index (χ4n) is 1.29. The third-order valence-corrected chi connectivity index (χ3v) is 1.96. The lowest BCUT2D eigenvalue weighted by Crippen LogP contribution is -2.14. The van der Waals surface area contributed by atoms with Crippen LogP contribution in [-0.2, 0) is 0 Å². The van der Waals surface area contributed by atoms with E-state index in [4.69, 9.17) is 0 Å². The van der Waals surface area contributed by atoms with Gasteiger partial charge in [-0.05, 0) is 19.0 Å². The number of nitrogens with one attached hydrogen (secondary N) is 1. The summed E-state index contributed by atoms with van der Waals surface area (Å²) in [6.45, 7) is 2.19. The van der Waals surface area contributed by atoms with Crippen molar-refractivity contribution in [1.82, 2.24) is 5.32 Å². The van der Waals surface area contributed by atoms with Crippen LogP contribution in [0.25, 0.3) is 0 Å². The van der Waals surface area contributed by atoms with E-state index in [1.807, 2.05) is 13.1 Å². The molecule has 0 amide bonds. The summed E-state index contributed by atoms with van der Waals surface area (Å²) in [4.78, 5) is 0. The molecule has 1 atom stereocenters.